The van der Waals surface area contributed by atoms with Crippen LogP contribution in [0.2, 0.25) is 0 Å². The summed E-state index contributed by atoms with van der Waals surface area (Å²) in [6, 6.07) is 7.51. The first-order valence-corrected chi connectivity index (χ1v) is 6.27. The lowest BCUT2D eigenvalue weighted by molar-refractivity contribution is 0.0988. The zero-order valence-electron chi connectivity index (χ0n) is 8.87. The second-order valence-corrected chi connectivity index (χ2v) is 5.03. The van der Waals surface area contributed by atoms with E-state index in [0.29, 0.717) is 0 Å². The zero-order valence-corrected chi connectivity index (χ0v) is 9.68. The molecule has 0 radical (unpaired) electrons. The molecule has 1 rings (SSSR count). The van der Waals surface area contributed by atoms with Gasteiger partial charge >= 0.3 is 0 Å². The lowest BCUT2D eigenvalue weighted by Crippen LogP contribution is -2.34. The highest BCUT2D eigenvalue weighted by Crippen LogP contribution is 2.13. The third kappa shape index (κ3) is 3.51. The lowest BCUT2D eigenvalue weighted by atomic mass is 10.2. The summed E-state index contributed by atoms with van der Waals surface area (Å²) in [6.07, 6.45) is -1.17. The molecular weight excluding hydrogens is 244 g/mol. The molecule has 1 atom stereocenters. The van der Waals surface area contributed by atoms with Crippen LogP contribution in [0.25, 0.3) is 0 Å². The van der Waals surface area contributed by atoms with E-state index in [1.165, 1.54) is 18.2 Å². The molecule has 0 bridgehead atoms. The number of aliphatic hydroxyl groups is 2. The Labute approximate surface area is 99.2 Å². The van der Waals surface area contributed by atoms with E-state index in [-0.39, 0.29) is 17.0 Å². The average Bonchev–Trinajstić information content (AvgIpc) is 2.35. The van der Waals surface area contributed by atoms with E-state index < -0.39 is 22.7 Å². The highest BCUT2D eigenvalue weighted by Gasteiger charge is 2.18. The van der Waals surface area contributed by atoms with Crippen LogP contribution >= 0.6 is 0 Å². The Balaban J connectivity index is 2.95. The Morgan fingerprint density at radius 1 is 1.41 bits per heavy atom. The Morgan fingerprint density at radius 2 is 2.06 bits per heavy atom. The normalized spacial score (nSPS) is 13.0. The van der Waals surface area contributed by atoms with Crippen molar-refractivity contribution in [1.29, 1.82) is 5.26 Å². The molecule has 0 aliphatic heterocycles. The van der Waals surface area contributed by atoms with Crippen molar-refractivity contribution in [1.82, 2.24) is 4.72 Å². The van der Waals surface area contributed by atoms with Crippen molar-refractivity contribution in [2.45, 2.75) is 11.0 Å². The monoisotopic (exact) mass is 256 g/mol. The number of nitriles is 1. The molecule has 1 aromatic carbocycles. The summed E-state index contributed by atoms with van der Waals surface area (Å²) in [5.41, 5.74) is 0.0264. The fourth-order valence-corrected chi connectivity index (χ4v) is 2.37. The highest BCUT2D eigenvalue weighted by atomic mass is 32.2. The van der Waals surface area contributed by atoms with E-state index in [1.807, 2.05) is 0 Å². The van der Waals surface area contributed by atoms with Crippen molar-refractivity contribution in [3.8, 4) is 6.07 Å². The van der Waals surface area contributed by atoms with Gasteiger partial charge in [-0.1, -0.05) is 12.1 Å². The van der Waals surface area contributed by atoms with Crippen LogP contribution in [0.5, 0.6) is 0 Å². The summed E-state index contributed by atoms with van der Waals surface area (Å²) in [6.45, 7) is -0.846. The molecule has 0 heterocycles. The second-order valence-electron chi connectivity index (χ2n) is 3.30. The average molecular weight is 256 g/mol. The topological polar surface area (TPSA) is 110 Å². The predicted octanol–water partition coefficient (Wildman–Crippen LogP) is -0.810. The number of sulfonamides is 1. The van der Waals surface area contributed by atoms with E-state index in [2.05, 4.69) is 4.72 Å². The summed E-state index contributed by atoms with van der Waals surface area (Å²) >= 11 is 0. The van der Waals surface area contributed by atoms with Crippen LogP contribution in [0.1, 0.15) is 5.56 Å². The molecule has 0 amide bonds. The van der Waals surface area contributed by atoms with Crippen molar-refractivity contribution in [3.05, 3.63) is 29.8 Å². The van der Waals surface area contributed by atoms with Crippen LogP contribution in [-0.2, 0) is 10.0 Å². The van der Waals surface area contributed by atoms with Crippen LogP contribution < -0.4 is 4.72 Å². The van der Waals surface area contributed by atoms with E-state index in [4.69, 9.17) is 15.5 Å². The molecule has 0 fully saturated rings. The predicted molar refractivity (Wildman–Crippen MR) is 59.4 cm³/mol. The molecule has 0 spiro atoms. The fraction of sp³-hybridized carbons (Fsp3) is 0.300. The van der Waals surface area contributed by atoms with Gasteiger partial charge in [-0.05, 0) is 12.1 Å². The first-order chi connectivity index (χ1) is 8.01. The van der Waals surface area contributed by atoms with Gasteiger partial charge in [0.05, 0.1) is 23.2 Å². The molecular formula is C10H12N2O4S. The highest BCUT2D eigenvalue weighted by molar-refractivity contribution is 7.89. The minimum Gasteiger partial charge on any atom is -0.394 e. The molecule has 1 aromatic rings. The molecule has 92 valence electrons. The van der Waals surface area contributed by atoms with E-state index in [9.17, 15) is 8.42 Å². The molecule has 7 heteroatoms. The van der Waals surface area contributed by atoms with Crippen LogP contribution in [0.3, 0.4) is 0 Å². The summed E-state index contributed by atoms with van der Waals surface area (Å²) in [7, 11) is -3.85. The maximum atomic E-state index is 11.8. The number of benzene rings is 1. The molecule has 17 heavy (non-hydrogen) atoms. The number of aliphatic hydroxyl groups excluding tert-OH is 2. The summed E-state index contributed by atoms with van der Waals surface area (Å²) in [4.78, 5) is -0.146. The zero-order chi connectivity index (χ0) is 12.9. The third-order valence-electron chi connectivity index (χ3n) is 2.02. The molecule has 6 nitrogen and oxygen atoms in total. The van der Waals surface area contributed by atoms with Gasteiger partial charge in [0, 0.05) is 6.54 Å². The molecule has 0 aromatic heterocycles. The third-order valence-corrected chi connectivity index (χ3v) is 3.50. The Kier molecular flexibility index (Phi) is 4.60. The number of nitrogens with zero attached hydrogens (tertiary/aromatic N) is 1. The van der Waals surface area contributed by atoms with E-state index in [1.54, 1.807) is 12.1 Å². The fourth-order valence-electron chi connectivity index (χ4n) is 1.14. The Hall–Kier alpha value is -1.46. The van der Waals surface area contributed by atoms with Gasteiger partial charge in [-0.3, -0.25) is 0 Å². The summed E-state index contributed by atoms with van der Waals surface area (Å²) < 4.78 is 25.7. The van der Waals surface area contributed by atoms with Gasteiger partial charge in [0.25, 0.3) is 0 Å². The number of hydrogen-bond donors (Lipinski definition) is 3. The van der Waals surface area contributed by atoms with Gasteiger partial charge in [-0.15, -0.1) is 0 Å². The maximum Gasteiger partial charge on any atom is 0.241 e. The van der Waals surface area contributed by atoms with Crippen LogP contribution in [-0.4, -0.2) is 37.9 Å². The second kappa shape index (κ2) is 5.75. The number of hydrogen-bond acceptors (Lipinski definition) is 5. The number of nitrogens with one attached hydrogen (secondary N) is 1. The van der Waals surface area contributed by atoms with Crippen LogP contribution in [0, 0.1) is 11.3 Å². The van der Waals surface area contributed by atoms with Gasteiger partial charge in [-0.2, -0.15) is 5.26 Å². The summed E-state index contributed by atoms with van der Waals surface area (Å²) in [5.74, 6) is 0. The molecule has 1 unspecified atom stereocenters. The van der Waals surface area contributed by atoms with Crippen LogP contribution in [0.15, 0.2) is 29.2 Å². The standard InChI is InChI=1S/C10H12N2O4S/c11-5-8-3-1-2-4-10(8)17(15,16)12-6-9(14)7-13/h1-4,9,12-14H,6-7H2. The molecule has 3 N–H and O–H groups in total. The Morgan fingerprint density at radius 3 is 2.65 bits per heavy atom. The van der Waals surface area contributed by atoms with Crippen molar-refractivity contribution in [3.63, 3.8) is 0 Å². The first-order valence-electron chi connectivity index (χ1n) is 4.79. The van der Waals surface area contributed by atoms with Gasteiger partial charge in [-0.25, -0.2) is 13.1 Å². The quantitative estimate of drug-likeness (QED) is 0.638. The first kappa shape index (κ1) is 13.6. The molecule has 0 aliphatic carbocycles. The largest absolute Gasteiger partial charge is 0.394 e. The minimum atomic E-state index is -3.85. The van der Waals surface area contributed by atoms with Gasteiger partial charge in [0.2, 0.25) is 10.0 Å². The summed E-state index contributed by atoms with van der Waals surface area (Å²) in [5, 5.41) is 26.4. The molecule has 0 saturated carbocycles. The van der Waals surface area contributed by atoms with Gasteiger partial charge in [0.1, 0.15) is 6.07 Å². The molecule has 0 aliphatic rings. The van der Waals surface area contributed by atoms with E-state index in [0.717, 1.165) is 0 Å². The van der Waals surface area contributed by atoms with Gasteiger partial charge < -0.3 is 10.2 Å². The van der Waals surface area contributed by atoms with Crippen LogP contribution in [0.4, 0.5) is 0 Å². The number of rotatable bonds is 5. The maximum absolute atomic E-state index is 11.8. The van der Waals surface area contributed by atoms with E-state index >= 15 is 0 Å². The minimum absolute atomic E-state index is 0.0264. The SMILES string of the molecule is N#Cc1ccccc1S(=O)(=O)NCC(O)CO. The van der Waals surface area contributed by atoms with Gasteiger partial charge in [0.15, 0.2) is 0 Å². The molecule has 0 saturated heterocycles. The van der Waals surface area contributed by atoms with Crippen molar-refractivity contribution in [2.75, 3.05) is 13.2 Å². The van der Waals surface area contributed by atoms with Crippen molar-refractivity contribution >= 4 is 10.0 Å². The lowest BCUT2D eigenvalue weighted by Gasteiger charge is -2.10. The smallest absolute Gasteiger partial charge is 0.241 e. The Bertz CT molecular complexity index is 521. The van der Waals surface area contributed by atoms with Crippen molar-refractivity contribution < 1.29 is 18.6 Å². The van der Waals surface area contributed by atoms with Crippen molar-refractivity contribution in [2.24, 2.45) is 0 Å².